The summed E-state index contributed by atoms with van der Waals surface area (Å²) in [6, 6.07) is 0. The van der Waals surface area contributed by atoms with E-state index in [0.717, 1.165) is 8.79 Å². The molecule has 1 fully saturated rings. The second-order valence-corrected chi connectivity index (χ2v) is 4.77. The van der Waals surface area contributed by atoms with Gasteiger partial charge in [0.05, 0.1) is 16.6 Å². The van der Waals surface area contributed by atoms with E-state index in [1.165, 1.54) is 11.3 Å². The van der Waals surface area contributed by atoms with Gasteiger partial charge in [0.15, 0.2) is 0 Å². The molecule has 0 bridgehead atoms. The van der Waals surface area contributed by atoms with Gasteiger partial charge < -0.3 is 9.84 Å². The average molecular weight is 236 g/mol. The molecular weight excluding hydrogens is 230 g/mol. The normalized spacial score (nSPS) is 30.0. The van der Waals surface area contributed by atoms with Crippen LogP contribution in [0.4, 0.5) is 0 Å². The SMILES string of the molecule is OC1COC1c1ncc(Br)s1. The van der Waals surface area contributed by atoms with Crippen molar-refractivity contribution in [1.29, 1.82) is 0 Å². The van der Waals surface area contributed by atoms with Crippen LogP contribution >= 0.6 is 27.3 Å². The number of ether oxygens (including phenoxy) is 1. The van der Waals surface area contributed by atoms with Crippen LogP contribution in [0.5, 0.6) is 0 Å². The highest BCUT2D eigenvalue weighted by molar-refractivity contribution is 9.11. The van der Waals surface area contributed by atoms with Crippen LogP contribution in [0.15, 0.2) is 9.98 Å². The maximum absolute atomic E-state index is 9.20. The van der Waals surface area contributed by atoms with E-state index in [-0.39, 0.29) is 12.2 Å². The van der Waals surface area contributed by atoms with Gasteiger partial charge in [0.1, 0.15) is 17.2 Å². The third-order valence-electron chi connectivity index (χ3n) is 1.53. The van der Waals surface area contributed by atoms with Gasteiger partial charge in [0.2, 0.25) is 0 Å². The third-order valence-corrected chi connectivity index (χ3v) is 3.07. The molecule has 0 amide bonds. The lowest BCUT2D eigenvalue weighted by Gasteiger charge is -2.30. The number of hydrogen-bond acceptors (Lipinski definition) is 4. The van der Waals surface area contributed by atoms with Crippen molar-refractivity contribution in [3.05, 3.63) is 15.0 Å². The Bertz CT molecular complexity index is 265. The summed E-state index contributed by atoms with van der Waals surface area (Å²) < 4.78 is 6.09. The van der Waals surface area contributed by atoms with E-state index >= 15 is 0 Å². The van der Waals surface area contributed by atoms with Gasteiger partial charge in [-0.2, -0.15) is 0 Å². The van der Waals surface area contributed by atoms with Crippen molar-refractivity contribution in [3.63, 3.8) is 0 Å². The molecule has 1 aromatic rings. The molecule has 2 unspecified atom stereocenters. The quantitative estimate of drug-likeness (QED) is 0.799. The Hall–Kier alpha value is 0.0300. The fraction of sp³-hybridized carbons (Fsp3) is 0.500. The van der Waals surface area contributed by atoms with Crippen molar-refractivity contribution in [2.24, 2.45) is 0 Å². The molecule has 1 saturated heterocycles. The summed E-state index contributed by atoms with van der Waals surface area (Å²) in [5.74, 6) is 0. The zero-order valence-corrected chi connectivity index (χ0v) is 7.93. The highest BCUT2D eigenvalue weighted by atomic mass is 79.9. The van der Waals surface area contributed by atoms with E-state index in [9.17, 15) is 5.11 Å². The Kier molecular flexibility index (Phi) is 1.97. The number of nitrogens with zero attached hydrogens (tertiary/aromatic N) is 1. The Morgan fingerprint density at radius 2 is 2.64 bits per heavy atom. The summed E-state index contributed by atoms with van der Waals surface area (Å²) in [5, 5.41) is 10.0. The monoisotopic (exact) mass is 235 g/mol. The first-order valence-electron chi connectivity index (χ1n) is 3.18. The van der Waals surface area contributed by atoms with Crippen LogP contribution in [-0.4, -0.2) is 22.8 Å². The fourth-order valence-electron chi connectivity index (χ4n) is 0.913. The van der Waals surface area contributed by atoms with Crippen LogP contribution in [-0.2, 0) is 4.74 Å². The Morgan fingerprint density at radius 1 is 1.82 bits per heavy atom. The maximum Gasteiger partial charge on any atom is 0.137 e. The standard InChI is InChI=1S/C6H6BrNO2S/c7-4-1-8-6(11-4)5-3(9)2-10-5/h1,3,5,9H,2H2. The minimum absolute atomic E-state index is 0.189. The van der Waals surface area contributed by atoms with Crippen LogP contribution < -0.4 is 0 Å². The highest BCUT2D eigenvalue weighted by Crippen LogP contribution is 2.33. The highest BCUT2D eigenvalue weighted by Gasteiger charge is 2.33. The van der Waals surface area contributed by atoms with Crippen molar-refractivity contribution in [2.75, 3.05) is 6.61 Å². The number of thiazole rings is 1. The van der Waals surface area contributed by atoms with Gasteiger partial charge in [-0.3, -0.25) is 0 Å². The second-order valence-electron chi connectivity index (χ2n) is 2.32. The van der Waals surface area contributed by atoms with Crippen molar-refractivity contribution in [1.82, 2.24) is 4.98 Å². The number of aliphatic hydroxyl groups excluding tert-OH is 1. The zero-order valence-electron chi connectivity index (χ0n) is 5.53. The molecule has 5 heteroatoms. The molecule has 1 aliphatic heterocycles. The van der Waals surface area contributed by atoms with E-state index in [1.54, 1.807) is 6.20 Å². The molecule has 2 heterocycles. The predicted octanol–water partition coefficient (Wildman–Crippen LogP) is 1.34. The van der Waals surface area contributed by atoms with Gasteiger partial charge in [0.25, 0.3) is 0 Å². The van der Waals surface area contributed by atoms with Gasteiger partial charge >= 0.3 is 0 Å². The minimum Gasteiger partial charge on any atom is -0.388 e. The minimum atomic E-state index is -0.368. The summed E-state index contributed by atoms with van der Waals surface area (Å²) >= 11 is 4.79. The summed E-state index contributed by atoms with van der Waals surface area (Å²) in [6.45, 7) is 0.432. The van der Waals surface area contributed by atoms with Crippen LogP contribution in [0.2, 0.25) is 0 Å². The van der Waals surface area contributed by atoms with Gasteiger partial charge in [-0.05, 0) is 15.9 Å². The van der Waals surface area contributed by atoms with E-state index in [0.29, 0.717) is 6.61 Å². The molecule has 0 spiro atoms. The first-order chi connectivity index (χ1) is 5.27. The van der Waals surface area contributed by atoms with Gasteiger partial charge in [0, 0.05) is 0 Å². The molecule has 11 heavy (non-hydrogen) atoms. The molecule has 3 nitrogen and oxygen atoms in total. The summed E-state index contributed by atoms with van der Waals surface area (Å²) in [4.78, 5) is 4.07. The zero-order chi connectivity index (χ0) is 7.84. The first-order valence-corrected chi connectivity index (χ1v) is 4.79. The van der Waals surface area contributed by atoms with Crippen LogP contribution in [0.25, 0.3) is 0 Å². The average Bonchev–Trinajstić information content (AvgIpc) is 2.33. The molecule has 1 N–H and O–H groups in total. The summed E-state index contributed by atoms with van der Waals surface area (Å²) in [6.07, 6.45) is 1.16. The molecule has 0 radical (unpaired) electrons. The smallest absolute Gasteiger partial charge is 0.137 e. The number of rotatable bonds is 1. The topological polar surface area (TPSA) is 42.4 Å². The molecule has 0 aliphatic carbocycles. The van der Waals surface area contributed by atoms with Gasteiger partial charge in [-0.1, -0.05) is 0 Å². The van der Waals surface area contributed by atoms with E-state index in [4.69, 9.17) is 4.74 Å². The Labute approximate surface area is 76.2 Å². The van der Waals surface area contributed by atoms with Crippen molar-refractivity contribution in [2.45, 2.75) is 12.2 Å². The predicted molar refractivity (Wildman–Crippen MR) is 44.5 cm³/mol. The molecule has 1 aliphatic rings. The second kappa shape index (κ2) is 2.82. The molecule has 60 valence electrons. The largest absolute Gasteiger partial charge is 0.388 e. The number of hydrogen-bond donors (Lipinski definition) is 1. The van der Waals surface area contributed by atoms with Crippen molar-refractivity contribution < 1.29 is 9.84 Å². The van der Waals surface area contributed by atoms with Gasteiger partial charge in [-0.15, -0.1) is 11.3 Å². The lowest BCUT2D eigenvalue weighted by molar-refractivity contribution is -0.165. The number of aliphatic hydroxyl groups is 1. The van der Waals surface area contributed by atoms with Crippen molar-refractivity contribution in [3.8, 4) is 0 Å². The maximum atomic E-state index is 9.20. The van der Waals surface area contributed by atoms with Gasteiger partial charge in [-0.25, -0.2) is 4.98 Å². The van der Waals surface area contributed by atoms with Crippen LogP contribution in [0, 0.1) is 0 Å². The van der Waals surface area contributed by atoms with E-state index in [2.05, 4.69) is 20.9 Å². The first kappa shape index (κ1) is 7.67. The Balaban J connectivity index is 2.16. The van der Waals surface area contributed by atoms with E-state index in [1.807, 2.05) is 0 Å². The van der Waals surface area contributed by atoms with E-state index < -0.39 is 0 Å². The molecule has 0 saturated carbocycles. The summed E-state index contributed by atoms with van der Waals surface area (Å²) in [7, 11) is 0. The van der Waals surface area contributed by atoms with Crippen LogP contribution in [0.1, 0.15) is 11.1 Å². The number of aromatic nitrogens is 1. The molecular formula is C6H6BrNO2S. The molecule has 2 rings (SSSR count). The third kappa shape index (κ3) is 1.33. The molecule has 1 aromatic heterocycles. The Morgan fingerprint density at radius 3 is 3.00 bits per heavy atom. The molecule has 0 aromatic carbocycles. The van der Waals surface area contributed by atoms with Crippen LogP contribution in [0.3, 0.4) is 0 Å². The van der Waals surface area contributed by atoms with Crippen molar-refractivity contribution >= 4 is 27.3 Å². The molecule has 2 atom stereocenters. The lowest BCUT2D eigenvalue weighted by Crippen LogP contribution is -2.37. The lowest BCUT2D eigenvalue weighted by atomic mass is 10.1. The fourth-order valence-corrected chi connectivity index (χ4v) is 2.26. The summed E-state index contributed by atoms with van der Waals surface area (Å²) in [5.41, 5.74) is 0. The number of halogens is 1.